The fourth-order valence-electron chi connectivity index (χ4n) is 1.84. The second-order valence-corrected chi connectivity index (χ2v) is 5.60. The molecule has 0 atom stereocenters. The number of fused-ring (bicyclic) bond motifs is 1. The van der Waals surface area contributed by atoms with Crippen molar-refractivity contribution >= 4 is 58.7 Å². The highest BCUT2D eigenvalue weighted by Crippen LogP contribution is 2.31. The van der Waals surface area contributed by atoms with E-state index in [0.29, 0.717) is 0 Å². The molecular formula is C10H16Cl2N4S2. The van der Waals surface area contributed by atoms with Crippen molar-refractivity contribution in [1.29, 1.82) is 0 Å². The minimum Gasteiger partial charge on any atom is -0.365 e. The molecular weight excluding hydrogens is 311 g/mol. The van der Waals surface area contributed by atoms with Crippen LogP contribution in [0.2, 0.25) is 0 Å². The highest BCUT2D eigenvalue weighted by atomic mass is 35.5. The molecule has 0 unspecified atom stereocenters. The molecule has 3 heterocycles. The standard InChI is InChI=1S/C10H14N4S2.2ClH/c1-2-11-9(12-3-1)15-6-8-7-16-10-13-4-5-14(8)10;;/h7H,1-6H2,(H,11,12);2*1H. The summed E-state index contributed by atoms with van der Waals surface area (Å²) in [5.74, 6) is 0.998. The molecule has 1 N–H and O–H groups in total. The van der Waals surface area contributed by atoms with E-state index >= 15 is 0 Å². The monoisotopic (exact) mass is 326 g/mol. The van der Waals surface area contributed by atoms with Crippen molar-refractivity contribution in [3.05, 3.63) is 11.1 Å². The van der Waals surface area contributed by atoms with Gasteiger partial charge in [0.25, 0.3) is 0 Å². The van der Waals surface area contributed by atoms with Crippen LogP contribution in [0, 0.1) is 0 Å². The van der Waals surface area contributed by atoms with Crippen LogP contribution in [0.25, 0.3) is 0 Å². The smallest absolute Gasteiger partial charge is 0.167 e. The Morgan fingerprint density at radius 3 is 3.00 bits per heavy atom. The summed E-state index contributed by atoms with van der Waals surface area (Å²) in [6, 6.07) is 0. The number of hydrogen-bond donors (Lipinski definition) is 1. The van der Waals surface area contributed by atoms with E-state index in [1.165, 1.54) is 10.9 Å². The van der Waals surface area contributed by atoms with E-state index in [1.54, 1.807) is 23.5 Å². The predicted molar refractivity (Wildman–Crippen MR) is 86.6 cm³/mol. The van der Waals surface area contributed by atoms with Gasteiger partial charge in [-0.2, -0.15) is 0 Å². The normalized spacial score (nSPS) is 20.9. The number of amidine groups is 2. The fraction of sp³-hybridized carbons (Fsp3) is 0.600. The van der Waals surface area contributed by atoms with Crippen molar-refractivity contribution in [3.8, 4) is 0 Å². The van der Waals surface area contributed by atoms with Crippen molar-refractivity contribution in [2.24, 2.45) is 9.98 Å². The molecule has 3 rings (SSSR count). The van der Waals surface area contributed by atoms with E-state index in [0.717, 1.165) is 43.5 Å². The van der Waals surface area contributed by atoms with Gasteiger partial charge in [0, 0.05) is 31.1 Å². The zero-order chi connectivity index (χ0) is 10.8. The Morgan fingerprint density at radius 1 is 1.33 bits per heavy atom. The second kappa shape index (κ2) is 7.53. The van der Waals surface area contributed by atoms with Crippen molar-refractivity contribution in [2.75, 3.05) is 31.9 Å². The Kier molecular flexibility index (Phi) is 6.70. The van der Waals surface area contributed by atoms with E-state index in [1.807, 2.05) is 0 Å². The van der Waals surface area contributed by atoms with Crippen LogP contribution in [0.1, 0.15) is 6.42 Å². The highest BCUT2D eigenvalue weighted by molar-refractivity contribution is 8.17. The van der Waals surface area contributed by atoms with Crippen LogP contribution in [0.4, 0.5) is 0 Å². The third kappa shape index (κ3) is 3.50. The average molecular weight is 327 g/mol. The Morgan fingerprint density at radius 2 is 2.22 bits per heavy atom. The molecule has 0 amide bonds. The summed E-state index contributed by atoms with van der Waals surface area (Å²) in [6.45, 7) is 4.04. The predicted octanol–water partition coefficient (Wildman–Crippen LogP) is 2.17. The maximum Gasteiger partial charge on any atom is 0.167 e. The van der Waals surface area contributed by atoms with Gasteiger partial charge < -0.3 is 10.2 Å². The molecule has 8 heteroatoms. The van der Waals surface area contributed by atoms with Crippen LogP contribution in [-0.2, 0) is 0 Å². The summed E-state index contributed by atoms with van der Waals surface area (Å²) in [5.41, 5.74) is 1.38. The molecule has 0 saturated heterocycles. The van der Waals surface area contributed by atoms with Gasteiger partial charge >= 0.3 is 0 Å². The van der Waals surface area contributed by atoms with Gasteiger partial charge in [-0.05, 0) is 11.8 Å². The minimum atomic E-state index is 0. The lowest BCUT2D eigenvalue weighted by atomic mass is 10.4. The van der Waals surface area contributed by atoms with Crippen molar-refractivity contribution in [3.63, 3.8) is 0 Å². The van der Waals surface area contributed by atoms with Crippen LogP contribution in [0.5, 0.6) is 0 Å². The third-order valence-corrected chi connectivity index (χ3v) is 4.61. The highest BCUT2D eigenvalue weighted by Gasteiger charge is 2.26. The molecule has 18 heavy (non-hydrogen) atoms. The van der Waals surface area contributed by atoms with Gasteiger partial charge in [-0.1, -0.05) is 23.5 Å². The zero-order valence-corrected chi connectivity index (χ0v) is 13.1. The number of thioether (sulfide) groups is 2. The summed E-state index contributed by atoms with van der Waals surface area (Å²) in [5, 5.41) is 7.82. The quantitative estimate of drug-likeness (QED) is 0.844. The Bertz CT molecular complexity index is 384. The van der Waals surface area contributed by atoms with Crippen LogP contribution in [0.15, 0.2) is 21.1 Å². The van der Waals surface area contributed by atoms with E-state index in [9.17, 15) is 0 Å². The van der Waals surface area contributed by atoms with Crippen molar-refractivity contribution < 1.29 is 0 Å². The number of hydrogen-bond acceptors (Lipinski definition) is 6. The fourth-order valence-corrected chi connectivity index (χ4v) is 3.81. The first-order chi connectivity index (χ1) is 7.93. The van der Waals surface area contributed by atoms with Crippen molar-refractivity contribution in [1.82, 2.24) is 10.2 Å². The maximum atomic E-state index is 4.46. The van der Waals surface area contributed by atoms with Gasteiger partial charge in [-0.25, -0.2) is 0 Å². The average Bonchev–Trinajstić information content (AvgIpc) is 2.90. The summed E-state index contributed by atoms with van der Waals surface area (Å²) in [4.78, 5) is 11.2. The van der Waals surface area contributed by atoms with E-state index < -0.39 is 0 Å². The van der Waals surface area contributed by atoms with Gasteiger partial charge in [0.15, 0.2) is 10.3 Å². The molecule has 0 spiro atoms. The summed E-state index contributed by atoms with van der Waals surface area (Å²) < 4.78 is 0. The number of nitrogens with one attached hydrogen (secondary N) is 1. The zero-order valence-electron chi connectivity index (χ0n) is 9.79. The number of rotatable bonds is 2. The van der Waals surface area contributed by atoms with Gasteiger partial charge in [-0.3, -0.25) is 9.98 Å². The molecule has 0 saturated carbocycles. The van der Waals surface area contributed by atoms with E-state index in [4.69, 9.17) is 0 Å². The lowest BCUT2D eigenvalue weighted by Gasteiger charge is -2.18. The lowest BCUT2D eigenvalue weighted by molar-refractivity contribution is 0.579. The third-order valence-electron chi connectivity index (χ3n) is 2.67. The first kappa shape index (κ1) is 16.0. The molecule has 0 aromatic heterocycles. The number of nitrogens with zero attached hydrogens (tertiary/aromatic N) is 3. The van der Waals surface area contributed by atoms with Crippen molar-refractivity contribution in [2.45, 2.75) is 6.42 Å². The van der Waals surface area contributed by atoms with Crippen LogP contribution in [-0.4, -0.2) is 47.2 Å². The summed E-state index contributed by atoms with van der Waals surface area (Å²) >= 11 is 3.55. The topological polar surface area (TPSA) is 40.0 Å². The molecule has 102 valence electrons. The molecule has 3 aliphatic heterocycles. The van der Waals surface area contributed by atoms with Crippen LogP contribution in [0.3, 0.4) is 0 Å². The Hall–Kier alpha value is -0.0400. The van der Waals surface area contributed by atoms with Crippen LogP contribution >= 0.6 is 48.3 Å². The number of halogens is 2. The lowest BCUT2D eigenvalue weighted by Crippen LogP contribution is -2.28. The number of aliphatic imine (C=N–C) groups is 2. The molecule has 0 aromatic rings. The van der Waals surface area contributed by atoms with E-state index in [-0.39, 0.29) is 24.8 Å². The molecule has 0 fully saturated rings. The van der Waals surface area contributed by atoms with Gasteiger partial charge in [-0.15, -0.1) is 24.8 Å². The first-order valence-electron chi connectivity index (χ1n) is 5.52. The summed E-state index contributed by atoms with van der Waals surface area (Å²) in [7, 11) is 0. The summed E-state index contributed by atoms with van der Waals surface area (Å²) in [6.07, 6.45) is 1.16. The van der Waals surface area contributed by atoms with Gasteiger partial charge in [0.1, 0.15) is 0 Å². The SMILES string of the molecule is C1=C(CSC2=NCCCN2)N2CCN=C2S1.Cl.Cl. The van der Waals surface area contributed by atoms with E-state index in [2.05, 4.69) is 25.6 Å². The molecule has 0 aromatic carbocycles. The molecule has 0 aliphatic carbocycles. The Balaban J connectivity index is 0.000000810. The van der Waals surface area contributed by atoms with Gasteiger partial charge in [0.05, 0.1) is 6.54 Å². The first-order valence-corrected chi connectivity index (χ1v) is 7.39. The second-order valence-electron chi connectivity index (χ2n) is 3.80. The molecule has 4 nitrogen and oxygen atoms in total. The maximum absolute atomic E-state index is 4.46. The largest absolute Gasteiger partial charge is 0.365 e. The minimum absolute atomic E-state index is 0. The van der Waals surface area contributed by atoms with Crippen LogP contribution < -0.4 is 5.32 Å². The molecule has 0 radical (unpaired) electrons. The van der Waals surface area contributed by atoms with Gasteiger partial charge in [0.2, 0.25) is 0 Å². The molecule has 3 aliphatic rings. The Labute approximate surface area is 128 Å². The molecule has 0 bridgehead atoms.